The molecule has 1 heteroatoms. The van der Waals surface area contributed by atoms with Crippen LogP contribution in [0.5, 0.6) is 0 Å². The molecule has 1 atom stereocenters. The summed E-state index contributed by atoms with van der Waals surface area (Å²) < 4.78 is 0. The average Bonchev–Trinajstić information content (AvgIpc) is 2.22. The summed E-state index contributed by atoms with van der Waals surface area (Å²) in [6.07, 6.45) is 8.18. The predicted molar refractivity (Wildman–Crippen MR) is 30.0 cm³/mol. The molecule has 0 aromatic heterocycles. The molecule has 0 saturated heterocycles. The topological polar surface area (TPSA) is 0 Å². The first-order valence-corrected chi connectivity index (χ1v) is 3.13. The summed E-state index contributed by atoms with van der Waals surface area (Å²) >= 11 is 0. The van der Waals surface area contributed by atoms with Gasteiger partial charge in [0.25, 0.3) is 0 Å². The molecule has 0 nitrogen and oxygen atoms in total. The Morgan fingerprint density at radius 2 is 2.38 bits per heavy atom. The van der Waals surface area contributed by atoms with E-state index >= 15 is 0 Å². The van der Waals surface area contributed by atoms with E-state index in [1.807, 2.05) is 0 Å². The van der Waals surface area contributed by atoms with Gasteiger partial charge >= 0.3 is 0 Å². The second-order valence-corrected chi connectivity index (χ2v) is 2.71. The summed E-state index contributed by atoms with van der Waals surface area (Å²) in [5, 5.41) is 0. The number of hydrogen-bond donors (Lipinski definition) is 0. The fourth-order valence-corrected chi connectivity index (χ4v) is 1.68. The Bertz CT molecular complexity index is 116. The van der Waals surface area contributed by atoms with Crippen molar-refractivity contribution in [3.05, 3.63) is 11.6 Å². The fraction of sp³-hybridized carbons (Fsp3) is 0.714. The van der Waals surface area contributed by atoms with Gasteiger partial charge in [0.2, 0.25) is 0 Å². The van der Waals surface area contributed by atoms with E-state index in [1.54, 1.807) is 5.57 Å². The van der Waals surface area contributed by atoms with Gasteiger partial charge in [-0.05, 0) is 31.6 Å². The van der Waals surface area contributed by atoms with Gasteiger partial charge in [0.15, 0.2) is 0 Å². The second kappa shape index (κ2) is 2.33. The molecule has 0 spiro atoms. The molecule has 0 aromatic carbocycles. The van der Waals surface area contributed by atoms with E-state index in [-0.39, 0.29) is 20.4 Å². The van der Waals surface area contributed by atoms with E-state index in [0.717, 1.165) is 5.92 Å². The molecule has 1 unspecified atom stereocenters. The first-order valence-electron chi connectivity index (χ1n) is 3.13. The normalized spacial score (nSPS) is 32.0. The van der Waals surface area contributed by atoms with Crippen LogP contribution in [0.3, 0.4) is 0 Å². The van der Waals surface area contributed by atoms with E-state index in [1.165, 1.54) is 25.7 Å². The van der Waals surface area contributed by atoms with Crippen LogP contribution in [0.4, 0.5) is 0 Å². The van der Waals surface area contributed by atoms with Crippen LogP contribution in [0.1, 0.15) is 25.7 Å². The van der Waals surface area contributed by atoms with Crippen molar-refractivity contribution in [3.63, 3.8) is 0 Å². The fourth-order valence-electron chi connectivity index (χ4n) is 1.68. The molecule has 0 radical (unpaired) electrons. The molecule has 2 rings (SSSR count). The third-order valence-electron chi connectivity index (χ3n) is 2.16. The molecular formula is C7H10Pd. The molecule has 2 aliphatic carbocycles. The summed E-state index contributed by atoms with van der Waals surface area (Å²) in [6, 6.07) is 0. The zero-order valence-corrected chi connectivity index (χ0v) is 6.35. The average molecular weight is 201 g/mol. The van der Waals surface area contributed by atoms with Crippen LogP contribution in [-0.4, -0.2) is 0 Å². The molecule has 0 heterocycles. The van der Waals surface area contributed by atoms with E-state index in [9.17, 15) is 0 Å². The third-order valence-corrected chi connectivity index (χ3v) is 2.16. The Hall–Kier alpha value is 0.402. The summed E-state index contributed by atoms with van der Waals surface area (Å²) in [6.45, 7) is 0. The van der Waals surface area contributed by atoms with Crippen LogP contribution >= 0.6 is 0 Å². The van der Waals surface area contributed by atoms with Gasteiger partial charge in [-0.15, -0.1) is 0 Å². The minimum absolute atomic E-state index is 0. The predicted octanol–water partition coefficient (Wildman–Crippen LogP) is 2.11. The molecule has 48 valence electrons. The SMILES string of the molecule is C1=C2CCC(C1)C2.[Pd]. The summed E-state index contributed by atoms with van der Waals surface area (Å²) in [5.41, 5.74) is 1.74. The van der Waals surface area contributed by atoms with Crippen molar-refractivity contribution in [3.8, 4) is 0 Å². The van der Waals surface area contributed by atoms with Crippen LogP contribution in [-0.2, 0) is 20.4 Å². The number of hydrogen-bond acceptors (Lipinski definition) is 0. The summed E-state index contributed by atoms with van der Waals surface area (Å²) in [7, 11) is 0. The van der Waals surface area contributed by atoms with Crippen molar-refractivity contribution < 1.29 is 20.4 Å². The largest absolute Gasteiger partial charge is 0.0850 e. The monoisotopic (exact) mass is 200 g/mol. The quantitative estimate of drug-likeness (QED) is 0.415. The molecule has 2 aliphatic rings. The maximum atomic E-state index is 2.42. The number of fused-ring (bicyclic) bond motifs is 2. The first kappa shape index (κ1) is 6.52. The van der Waals surface area contributed by atoms with Crippen LogP contribution in [0.2, 0.25) is 0 Å². The van der Waals surface area contributed by atoms with Gasteiger partial charge in [0.1, 0.15) is 0 Å². The zero-order chi connectivity index (χ0) is 4.69. The van der Waals surface area contributed by atoms with Gasteiger partial charge in [0.05, 0.1) is 0 Å². The zero-order valence-electron chi connectivity index (χ0n) is 4.80. The molecule has 0 N–H and O–H groups in total. The smallest absolute Gasteiger partial charge is 0 e. The Labute approximate surface area is 64.0 Å². The van der Waals surface area contributed by atoms with Crippen molar-refractivity contribution in [2.24, 2.45) is 5.92 Å². The summed E-state index contributed by atoms with van der Waals surface area (Å²) in [4.78, 5) is 0. The van der Waals surface area contributed by atoms with Crippen molar-refractivity contribution in [1.82, 2.24) is 0 Å². The molecule has 0 aromatic rings. The molecule has 1 saturated carbocycles. The van der Waals surface area contributed by atoms with Gasteiger partial charge in [0, 0.05) is 20.4 Å². The van der Waals surface area contributed by atoms with Gasteiger partial charge in [-0.3, -0.25) is 0 Å². The Morgan fingerprint density at radius 1 is 1.50 bits per heavy atom. The Balaban J connectivity index is 0.000000320. The van der Waals surface area contributed by atoms with E-state index in [4.69, 9.17) is 0 Å². The number of rotatable bonds is 0. The molecular weight excluding hydrogens is 190 g/mol. The van der Waals surface area contributed by atoms with Crippen LogP contribution in [0, 0.1) is 5.92 Å². The molecule has 1 fully saturated rings. The third kappa shape index (κ3) is 0.901. The summed E-state index contributed by atoms with van der Waals surface area (Å²) in [5.74, 6) is 1.08. The molecule has 2 bridgehead atoms. The van der Waals surface area contributed by atoms with Crippen LogP contribution in [0.15, 0.2) is 11.6 Å². The van der Waals surface area contributed by atoms with E-state index in [0.29, 0.717) is 0 Å². The van der Waals surface area contributed by atoms with E-state index < -0.39 is 0 Å². The van der Waals surface area contributed by atoms with Crippen LogP contribution < -0.4 is 0 Å². The van der Waals surface area contributed by atoms with E-state index in [2.05, 4.69) is 6.08 Å². The molecule has 0 amide bonds. The van der Waals surface area contributed by atoms with Crippen molar-refractivity contribution in [1.29, 1.82) is 0 Å². The second-order valence-electron chi connectivity index (χ2n) is 2.71. The maximum Gasteiger partial charge on any atom is 0 e. The van der Waals surface area contributed by atoms with Crippen molar-refractivity contribution in [2.75, 3.05) is 0 Å². The first-order chi connectivity index (χ1) is 3.45. The van der Waals surface area contributed by atoms with Crippen molar-refractivity contribution in [2.45, 2.75) is 25.7 Å². The molecule has 0 aliphatic heterocycles. The van der Waals surface area contributed by atoms with Crippen LogP contribution in [0.25, 0.3) is 0 Å². The Kier molecular flexibility index (Phi) is 1.90. The minimum Gasteiger partial charge on any atom is -0.0850 e. The molecule has 8 heavy (non-hydrogen) atoms. The van der Waals surface area contributed by atoms with Gasteiger partial charge in [-0.2, -0.15) is 0 Å². The van der Waals surface area contributed by atoms with Gasteiger partial charge in [-0.1, -0.05) is 11.6 Å². The van der Waals surface area contributed by atoms with Gasteiger partial charge in [-0.25, -0.2) is 0 Å². The maximum absolute atomic E-state index is 2.42. The standard InChI is InChI=1S/C7H10.Pd/c1-2-7-4-3-6(1)5-7;/h1,7H,2-5H2;. The van der Waals surface area contributed by atoms with Gasteiger partial charge < -0.3 is 0 Å². The number of allylic oxidation sites excluding steroid dienone is 2. The van der Waals surface area contributed by atoms with Crippen molar-refractivity contribution >= 4 is 0 Å². The Morgan fingerprint density at radius 3 is 2.50 bits per heavy atom. The minimum atomic E-state index is 0.